The monoisotopic (exact) mass is 385 g/mol. The largest absolute Gasteiger partial charge is 0.480 e. The van der Waals surface area contributed by atoms with Gasteiger partial charge in [0, 0.05) is 19.5 Å². The first-order chi connectivity index (χ1) is 13.5. The summed E-state index contributed by atoms with van der Waals surface area (Å²) in [7, 11) is 4.26. The summed E-state index contributed by atoms with van der Waals surface area (Å²) in [5, 5.41) is 0. The SMILES string of the molecule is COC(=O)CC1CC(=O)c2c(OC)nc(OC)nc2N(Cc2ccccc2)C1. The minimum Gasteiger partial charge on any atom is -0.480 e. The number of hydrogen-bond donors (Lipinski definition) is 0. The van der Waals surface area contributed by atoms with Crippen molar-refractivity contribution < 1.29 is 23.8 Å². The Hall–Kier alpha value is -3.16. The highest BCUT2D eigenvalue weighted by atomic mass is 16.5. The van der Waals surface area contributed by atoms with Gasteiger partial charge in [-0.3, -0.25) is 9.59 Å². The molecule has 1 aromatic carbocycles. The number of ketones is 1. The first-order valence-corrected chi connectivity index (χ1v) is 8.94. The predicted molar refractivity (Wildman–Crippen MR) is 102 cm³/mol. The van der Waals surface area contributed by atoms with E-state index in [0.29, 0.717) is 24.5 Å². The molecule has 0 fully saturated rings. The van der Waals surface area contributed by atoms with Crippen molar-refractivity contribution >= 4 is 17.6 Å². The van der Waals surface area contributed by atoms with E-state index >= 15 is 0 Å². The molecule has 0 N–H and O–H groups in total. The lowest BCUT2D eigenvalue weighted by Crippen LogP contribution is -2.30. The Balaban J connectivity index is 2.06. The van der Waals surface area contributed by atoms with Crippen LogP contribution in [0.25, 0.3) is 0 Å². The number of esters is 1. The summed E-state index contributed by atoms with van der Waals surface area (Å²) in [5.41, 5.74) is 1.36. The summed E-state index contributed by atoms with van der Waals surface area (Å²) >= 11 is 0. The van der Waals surface area contributed by atoms with Gasteiger partial charge in [0.2, 0.25) is 5.88 Å². The van der Waals surface area contributed by atoms with Gasteiger partial charge in [0.25, 0.3) is 0 Å². The lowest BCUT2D eigenvalue weighted by molar-refractivity contribution is -0.141. The fourth-order valence-electron chi connectivity index (χ4n) is 3.35. The van der Waals surface area contributed by atoms with Crippen LogP contribution in [0.4, 0.5) is 5.82 Å². The molecule has 0 aliphatic carbocycles. The number of benzene rings is 1. The van der Waals surface area contributed by atoms with Crippen LogP contribution in [-0.2, 0) is 16.1 Å². The van der Waals surface area contributed by atoms with Gasteiger partial charge in [-0.15, -0.1) is 0 Å². The summed E-state index contributed by atoms with van der Waals surface area (Å²) in [5.74, 6) is -0.111. The molecule has 1 unspecified atom stereocenters. The number of rotatable bonds is 6. The van der Waals surface area contributed by atoms with Gasteiger partial charge >= 0.3 is 12.0 Å². The molecular weight excluding hydrogens is 362 g/mol. The number of nitrogens with zero attached hydrogens (tertiary/aromatic N) is 3. The second-order valence-corrected chi connectivity index (χ2v) is 6.56. The number of hydrogen-bond acceptors (Lipinski definition) is 8. The van der Waals surface area contributed by atoms with Crippen LogP contribution in [0, 0.1) is 5.92 Å². The zero-order valence-corrected chi connectivity index (χ0v) is 16.2. The maximum absolute atomic E-state index is 13.0. The van der Waals surface area contributed by atoms with Crippen LogP contribution in [0.5, 0.6) is 11.9 Å². The van der Waals surface area contributed by atoms with E-state index in [-0.39, 0.29) is 42.4 Å². The third-order valence-electron chi connectivity index (χ3n) is 4.64. The topological polar surface area (TPSA) is 90.9 Å². The summed E-state index contributed by atoms with van der Waals surface area (Å²) in [6.07, 6.45) is 0.327. The summed E-state index contributed by atoms with van der Waals surface area (Å²) in [6, 6.07) is 9.96. The number of methoxy groups -OCH3 is 3. The molecule has 3 rings (SSSR count). The highest BCUT2D eigenvalue weighted by molar-refractivity contribution is 6.03. The number of aromatic nitrogens is 2. The maximum atomic E-state index is 13.0. The van der Waals surface area contributed by atoms with Gasteiger partial charge in [-0.2, -0.15) is 9.97 Å². The van der Waals surface area contributed by atoms with E-state index in [0.717, 1.165) is 5.56 Å². The van der Waals surface area contributed by atoms with Crippen LogP contribution in [0.1, 0.15) is 28.8 Å². The average molecular weight is 385 g/mol. The van der Waals surface area contributed by atoms with Crippen molar-refractivity contribution in [2.75, 3.05) is 32.8 Å². The van der Waals surface area contributed by atoms with Crippen LogP contribution in [0.15, 0.2) is 30.3 Å². The lowest BCUT2D eigenvalue weighted by Gasteiger charge is -2.26. The highest BCUT2D eigenvalue weighted by Gasteiger charge is 2.33. The molecule has 1 aliphatic rings. The molecule has 8 heteroatoms. The van der Waals surface area contributed by atoms with Crippen LogP contribution in [0.2, 0.25) is 0 Å². The zero-order chi connectivity index (χ0) is 20.1. The molecule has 1 atom stereocenters. The number of carbonyl (C=O) groups is 2. The van der Waals surface area contributed by atoms with Crippen LogP contribution >= 0.6 is 0 Å². The number of Topliss-reactive ketones (excluding diaryl/α,β-unsaturated/α-hetero) is 1. The molecule has 0 radical (unpaired) electrons. The van der Waals surface area contributed by atoms with E-state index < -0.39 is 0 Å². The van der Waals surface area contributed by atoms with E-state index in [4.69, 9.17) is 14.2 Å². The summed E-state index contributed by atoms with van der Waals surface area (Å²) in [4.78, 5) is 35.4. The van der Waals surface area contributed by atoms with Gasteiger partial charge < -0.3 is 19.1 Å². The third-order valence-corrected chi connectivity index (χ3v) is 4.64. The normalized spacial score (nSPS) is 16.2. The quantitative estimate of drug-likeness (QED) is 0.700. The van der Waals surface area contributed by atoms with Crippen LogP contribution < -0.4 is 14.4 Å². The average Bonchev–Trinajstić information content (AvgIpc) is 2.84. The van der Waals surface area contributed by atoms with Gasteiger partial charge in [-0.1, -0.05) is 30.3 Å². The fourth-order valence-corrected chi connectivity index (χ4v) is 3.35. The Morgan fingerprint density at radius 1 is 1.14 bits per heavy atom. The fraction of sp³-hybridized carbons (Fsp3) is 0.400. The molecular formula is C20H23N3O5. The second-order valence-electron chi connectivity index (χ2n) is 6.56. The first-order valence-electron chi connectivity index (χ1n) is 8.94. The molecule has 2 heterocycles. The molecule has 1 aromatic heterocycles. The summed E-state index contributed by atoms with van der Waals surface area (Å²) in [6.45, 7) is 0.980. The van der Waals surface area contributed by atoms with E-state index in [1.165, 1.54) is 21.3 Å². The third kappa shape index (κ3) is 4.21. The summed E-state index contributed by atoms with van der Waals surface area (Å²) < 4.78 is 15.3. The van der Waals surface area contributed by atoms with Crippen molar-refractivity contribution in [2.45, 2.75) is 19.4 Å². The van der Waals surface area contributed by atoms with Gasteiger partial charge in [-0.05, 0) is 11.5 Å². The number of fused-ring (bicyclic) bond motifs is 1. The molecule has 0 saturated heterocycles. The van der Waals surface area contributed by atoms with E-state index in [1.54, 1.807) is 0 Å². The van der Waals surface area contributed by atoms with E-state index in [2.05, 4.69) is 9.97 Å². The van der Waals surface area contributed by atoms with Crippen molar-refractivity contribution in [3.63, 3.8) is 0 Å². The zero-order valence-electron chi connectivity index (χ0n) is 16.2. The molecule has 0 spiro atoms. The molecule has 0 amide bonds. The van der Waals surface area contributed by atoms with Crippen molar-refractivity contribution in [2.24, 2.45) is 5.92 Å². The number of anilines is 1. The van der Waals surface area contributed by atoms with E-state index in [9.17, 15) is 9.59 Å². The molecule has 28 heavy (non-hydrogen) atoms. The Labute approximate surface area is 163 Å². The van der Waals surface area contributed by atoms with Gasteiger partial charge in [0.1, 0.15) is 5.56 Å². The first kappa shape index (κ1) is 19.6. The number of ether oxygens (including phenoxy) is 3. The molecule has 148 valence electrons. The molecule has 0 bridgehead atoms. The van der Waals surface area contributed by atoms with Crippen molar-refractivity contribution in [1.29, 1.82) is 0 Å². The van der Waals surface area contributed by atoms with Gasteiger partial charge in [0.05, 0.1) is 27.8 Å². The Kier molecular flexibility index (Phi) is 6.08. The minimum atomic E-state index is -0.348. The Morgan fingerprint density at radius 2 is 1.89 bits per heavy atom. The number of carbonyl (C=O) groups excluding carboxylic acids is 2. The minimum absolute atomic E-state index is 0.118. The van der Waals surface area contributed by atoms with Crippen molar-refractivity contribution in [3.05, 3.63) is 41.5 Å². The maximum Gasteiger partial charge on any atom is 0.321 e. The molecule has 8 nitrogen and oxygen atoms in total. The smallest absolute Gasteiger partial charge is 0.321 e. The van der Waals surface area contributed by atoms with Crippen LogP contribution in [-0.4, -0.2) is 49.6 Å². The Morgan fingerprint density at radius 3 is 2.54 bits per heavy atom. The van der Waals surface area contributed by atoms with Crippen molar-refractivity contribution in [3.8, 4) is 11.9 Å². The van der Waals surface area contributed by atoms with Gasteiger partial charge in [0.15, 0.2) is 11.6 Å². The highest BCUT2D eigenvalue weighted by Crippen LogP contribution is 2.35. The lowest BCUT2D eigenvalue weighted by atomic mass is 9.97. The van der Waals surface area contributed by atoms with E-state index in [1.807, 2.05) is 35.2 Å². The van der Waals surface area contributed by atoms with Crippen LogP contribution in [0.3, 0.4) is 0 Å². The molecule has 0 saturated carbocycles. The van der Waals surface area contributed by atoms with Crippen molar-refractivity contribution in [1.82, 2.24) is 9.97 Å². The Bertz CT molecular complexity index is 856. The van der Waals surface area contributed by atoms with Gasteiger partial charge in [-0.25, -0.2) is 0 Å². The predicted octanol–water partition coefficient (Wildman–Crippen LogP) is 2.27. The second kappa shape index (κ2) is 8.69. The molecule has 2 aromatic rings. The standard InChI is InChI=1S/C20H23N3O5/c1-26-16(25)10-14-9-15(24)17-18(21-20(28-3)22-19(17)27-2)23(12-14)11-13-7-5-4-6-8-13/h4-8,14H,9-12H2,1-3H3. The molecule has 1 aliphatic heterocycles.